The lowest BCUT2D eigenvalue weighted by molar-refractivity contribution is 0.465. The van der Waals surface area contributed by atoms with Crippen LogP contribution in [0.3, 0.4) is 0 Å². The van der Waals surface area contributed by atoms with Gasteiger partial charge in [-0.2, -0.15) is 5.26 Å². The summed E-state index contributed by atoms with van der Waals surface area (Å²) in [7, 11) is 0. The molecule has 1 aromatic rings. The van der Waals surface area contributed by atoms with Gasteiger partial charge in [0.1, 0.15) is 0 Å². The summed E-state index contributed by atoms with van der Waals surface area (Å²) in [6, 6.07) is 8.10. The first kappa shape index (κ1) is 12.5. The second-order valence-corrected chi connectivity index (χ2v) is 5.14. The number of nitrogens with zero attached hydrogens (tertiary/aromatic N) is 2. The highest BCUT2D eigenvalue weighted by Crippen LogP contribution is 2.33. The molecular weight excluding hydrogens is 255 g/mol. The SMILES string of the molecule is N#CCC1CCCCN1c1ccc(Cl)cc1Cl. The van der Waals surface area contributed by atoms with Crippen LogP contribution in [0, 0.1) is 11.3 Å². The molecule has 17 heavy (non-hydrogen) atoms. The number of hydrogen-bond donors (Lipinski definition) is 0. The highest BCUT2D eigenvalue weighted by molar-refractivity contribution is 6.36. The molecule has 1 saturated heterocycles. The average Bonchev–Trinajstić information content (AvgIpc) is 2.31. The largest absolute Gasteiger partial charge is 0.366 e. The third kappa shape index (κ3) is 2.86. The van der Waals surface area contributed by atoms with Gasteiger partial charge in [0, 0.05) is 17.6 Å². The van der Waals surface area contributed by atoms with E-state index in [0.29, 0.717) is 16.5 Å². The third-order valence-electron chi connectivity index (χ3n) is 3.17. The summed E-state index contributed by atoms with van der Waals surface area (Å²) in [5.41, 5.74) is 0.996. The second kappa shape index (κ2) is 5.62. The molecule has 1 aromatic carbocycles. The fourth-order valence-corrected chi connectivity index (χ4v) is 2.87. The summed E-state index contributed by atoms with van der Waals surface area (Å²) in [5.74, 6) is 0. The van der Waals surface area contributed by atoms with E-state index >= 15 is 0 Å². The Bertz CT molecular complexity index is 440. The zero-order valence-corrected chi connectivity index (χ0v) is 11.0. The van der Waals surface area contributed by atoms with E-state index in [9.17, 15) is 0 Å². The summed E-state index contributed by atoms with van der Waals surface area (Å²) >= 11 is 12.1. The summed E-state index contributed by atoms with van der Waals surface area (Å²) < 4.78 is 0. The van der Waals surface area contributed by atoms with Gasteiger partial charge in [0.15, 0.2) is 0 Å². The van der Waals surface area contributed by atoms with Crippen LogP contribution in [0.15, 0.2) is 18.2 Å². The minimum absolute atomic E-state index is 0.285. The van der Waals surface area contributed by atoms with Crippen molar-refractivity contribution in [2.24, 2.45) is 0 Å². The summed E-state index contributed by atoms with van der Waals surface area (Å²) in [5, 5.41) is 10.2. The number of hydrogen-bond acceptors (Lipinski definition) is 2. The molecule has 0 bridgehead atoms. The van der Waals surface area contributed by atoms with Crippen molar-refractivity contribution in [3.63, 3.8) is 0 Å². The van der Waals surface area contributed by atoms with Gasteiger partial charge in [-0.15, -0.1) is 0 Å². The normalized spacial score (nSPS) is 20.1. The minimum Gasteiger partial charge on any atom is -0.366 e. The van der Waals surface area contributed by atoms with E-state index in [1.165, 1.54) is 6.42 Å². The van der Waals surface area contributed by atoms with Gasteiger partial charge in [-0.25, -0.2) is 0 Å². The zero-order chi connectivity index (χ0) is 12.3. The fraction of sp³-hybridized carbons (Fsp3) is 0.462. The van der Waals surface area contributed by atoms with Crippen molar-refractivity contribution >= 4 is 28.9 Å². The minimum atomic E-state index is 0.285. The average molecular weight is 269 g/mol. The quantitative estimate of drug-likeness (QED) is 0.801. The Labute approximate surface area is 112 Å². The van der Waals surface area contributed by atoms with Crippen molar-refractivity contribution in [3.05, 3.63) is 28.2 Å². The van der Waals surface area contributed by atoms with Gasteiger partial charge in [-0.1, -0.05) is 23.2 Å². The maximum Gasteiger partial charge on any atom is 0.0654 e. The Morgan fingerprint density at radius 2 is 2.18 bits per heavy atom. The number of nitriles is 1. The maximum atomic E-state index is 8.87. The monoisotopic (exact) mass is 268 g/mol. The van der Waals surface area contributed by atoms with E-state index in [1.54, 1.807) is 6.07 Å². The second-order valence-electron chi connectivity index (χ2n) is 4.30. The molecule has 2 rings (SSSR count). The van der Waals surface area contributed by atoms with Crippen LogP contribution in [0.4, 0.5) is 5.69 Å². The van der Waals surface area contributed by atoms with E-state index in [1.807, 2.05) is 12.1 Å². The van der Waals surface area contributed by atoms with Crippen molar-refractivity contribution in [2.45, 2.75) is 31.7 Å². The predicted octanol–water partition coefficient (Wildman–Crippen LogP) is 4.27. The van der Waals surface area contributed by atoms with Gasteiger partial charge in [0.25, 0.3) is 0 Å². The number of piperidine rings is 1. The number of rotatable bonds is 2. The van der Waals surface area contributed by atoms with Crippen LogP contribution < -0.4 is 4.90 Å². The topological polar surface area (TPSA) is 27.0 Å². The molecule has 2 nitrogen and oxygen atoms in total. The fourth-order valence-electron chi connectivity index (χ4n) is 2.35. The van der Waals surface area contributed by atoms with E-state index in [0.717, 1.165) is 25.1 Å². The smallest absolute Gasteiger partial charge is 0.0654 e. The van der Waals surface area contributed by atoms with E-state index in [2.05, 4.69) is 11.0 Å². The zero-order valence-electron chi connectivity index (χ0n) is 9.50. The number of anilines is 1. The van der Waals surface area contributed by atoms with Crippen LogP contribution in [-0.4, -0.2) is 12.6 Å². The molecule has 0 N–H and O–H groups in total. The molecule has 0 amide bonds. The van der Waals surface area contributed by atoms with Crippen molar-refractivity contribution in [1.82, 2.24) is 0 Å². The van der Waals surface area contributed by atoms with Crippen molar-refractivity contribution in [2.75, 3.05) is 11.4 Å². The first-order valence-corrected chi connectivity index (χ1v) is 6.56. The van der Waals surface area contributed by atoms with E-state index in [-0.39, 0.29) is 6.04 Å². The highest BCUT2D eigenvalue weighted by Gasteiger charge is 2.23. The standard InChI is InChI=1S/C13H14Cl2N2/c14-10-4-5-13(12(15)9-10)17-8-2-1-3-11(17)6-7-16/h4-5,9,11H,1-3,6,8H2. The molecule has 1 aliphatic heterocycles. The Balaban J connectivity index is 2.26. The molecular formula is C13H14Cl2N2. The van der Waals surface area contributed by atoms with E-state index < -0.39 is 0 Å². The van der Waals surface area contributed by atoms with Gasteiger partial charge in [-0.3, -0.25) is 0 Å². The lowest BCUT2D eigenvalue weighted by Gasteiger charge is -2.37. The molecule has 1 heterocycles. The molecule has 0 radical (unpaired) electrons. The van der Waals surface area contributed by atoms with Gasteiger partial charge in [-0.05, 0) is 37.5 Å². The Hall–Kier alpha value is -0.910. The van der Waals surface area contributed by atoms with Crippen LogP contribution in [-0.2, 0) is 0 Å². The maximum absolute atomic E-state index is 8.87. The van der Waals surface area contributed by atoms with Crippen LogP contribution in [0.2, 0.25) is 10.0 Å². The molecule has 0 aromatic heterocycles. The highest BCUT2D eigenvalue weighted by atomic mass is 35.5. The van der Waals surface area contributed by atoms with Crippen molar-refractivity contribution in [1.29, 1.82) is 5.26 Å². The number of benzene rings is 1. The van der Waals surface area contributed by atoms with Crippen LogP contribution in [0.1, 0.15) is 25.7 Å². The van der Waals surface area contributed by atoms with Crippen LogP contribution in [0.5, 0.6) is 0 Å². The Morgan fingerprint density at radius 1 is 1.35 bits per heavy atom. The molecule has 0 aliphatic carbocycles. The Morgan fingerprint density at radius 3 is 2.88 bits per heavy atom. The molecule has 1 unspecified atom stereocenters. The molecule has 0 saturated carbocycles. The Kier molecular flexibility index (Phi) is 4.15. The van der Waals surface area contributed by atoms with Crippen molar-refractivity contribution < 1.29 is 0 Å². The summed E-state index contributed by atoms with van der Waals surface area (Å²) in [4.78, 5) is 2.24. The van der Waals surface area contributed by atoms with Gasteiger partial charge in [0.2, 0.25) is 0 Å². The summed E-state index contributed by atoms with van der Waals surface area (Å²) in [6.07, 6.45) is 3.96. The first-order chi connectivity index (χ1) is 8.22. The molecule has 90 valence electrons. The van der Waals surface area contributed by atoms with Gasteiger partial charge >= 0.3 is 0 Å². The van der Waals surface area contributed by atoms with Crippen LogP contribution in [0.25, 0.3) is 0 Å². The molecule has 1 fully saturated rings. The van der Waals surface area contributed by atoms with Gasteiger partial charge in [0.05, 0.1) is 23.2 Å². The molecule has 4 heteroatoms. The molecule has 1 aliphatic rings. The van der Waals surface area contributed by atoms with Crippen molar-refractivity contribution in [3.8, 4) is 6.07 Å². The lowest BCUT2D eigenvalue weighted by atomic mass is 9.99. The molecule has 1 atom stereocenters. The first-order valence-electron chi connectivity index (χ1n) is 5.81. The van der Waals surface area contributed by atoms with Gasteiger partial charge < -0.3 is 4.90 Å². The molecule has 0 spiro atoms. The summed E-state index contributed by atoms with van der Waals surface area (Å²) in [6.45, 7) is 0.966. The number of halogens is 2. The predicted molar refractivity (Wildman–Crippen MR) is 71.7 cm³/mol. The van der Waals surface area contributed by atoms with E-state index in [4.69, 9.17) is 28.5 Å². The lowest BCUT2D eigenvalue weighted by Crippen LogP contribution is -2.39. The third-order valence-corrected chi connectivity index (χ3v) is 3.71. The van der Waals surface area contributed by atoms with Crippen LogP contribution >= 0.6 is 23.2 Å².